The van der Waals surface area contributed by atoms with Gasteiger partial charge in [0.2, 0.25) is 0 Å². The molecule has 0 radical (unpaired) electrons. The summed E-state index contributed by atoms with van der Waals surface area (Å²) in [4.78, 5) is 11.7. The van der Waals surface area contributed by atoms with Crippen LogP contribution < -0.4 is 10.4 Å². The molecule has 2 rings (SSSR count). The maximum Gasteiger partial charge on any atom is 0.343 e. The zero-order chi connectivity index (χ0) is 15.2. The third-order valence-corrected chi connectivity index (χ3v) is 4.71. The normalized spacial score (nSPS) is 10.8. The summed E-state index contributed by atoms with van der Waals surface area (Å²) in [6.07, 6.45) is 2.02. The molecule has 7 heteroatoms. The Labute approximate surface area is 136 Å². The Kier molecular flexibility index (Phi) is 5.93. The number of rotatable bonds is 7. The molecule has 0 aliphatic carbocycles. The summed E-state index contributed by atoms with van der Waals surface area (Å²) < 4.78 is 7.84. The van der Waals surface area contributed by atoms with E-state index in [0.717, 1.165) is 39.5 Å². The molecule has 0 saturated carbocycles. The molecule has 21 heavy (non-hydrogen) atoms. The Morgan fingerprint density at radius 3 is 2.95 bits per heavy atom. The van der Waals surface area contributed by atoms with Crippen LogP contribution in [0.25, 0.3) is 0 Å². The van der Waals surface area contributed by atoms with Gasteiger partial charge in [-0.25, -0.2) is 9.89 Å². The van der Waals surface area contributed by atoms with Gasteiger partial charge >= 0.3 is 5.69 Å². The molecule has 0 amide bonds. The number of H-pyrrole nitrogens is 1. The monoisotopic (exact) mass is 371 g/mol. The van der Waals surface area contributed by atoms with Gasteiger partial charge < -0.3 is 4.74 Å². The predicted molar refractivity (Wildman–Crippen MR) is 88.0 cm³/mol. The van der Waals surface area contributed by atoms with Crippen molar-refractivity contribution in [2.24, 2.45) is 0 Å². The summed E-state index contributed by atoms with van der Waals surface area (Å²) >= 11 is 5.03. The Hall–Kier alpha value is -1.21. The molecular weight excluding hydrogens is 354 g/mol. The van der Waals surface area contributed by atoms with Gasteiger partial charge in [-0.1, -0.05) is 31.2 Å². The van der Waals surface area contributed by atoms with Crippen LogP contribution in [0.2, 0.25) is 0 Å². The topological polar surface area (TPSA) is 59.9 Å². The van der Waals surface area contributed by atoms with Crippen LogP contribution in [0, 0.1) is 0 Å². The van der Waals surface area contributed by atoms with E-state index in [1.54, 1.807) is 23.4 Å². The molecule has 0 spiro atoms. The Bertz CT molecular complexity index is 654. The molecule has 1 aromatic heterocycles. The molecule has 5 nitrogen and oxygen atoms in total. The number of benzene rings is 1. The van der Waals surface area contributed by atoms with Gasteiger partial charge in [0.05, 0.1) is 11.6 Å². The SMILES string of the molecule is CCCCn1c(SCc2ccc(OC)c(Br)c2)n[nH]c1=O. The van der Waals surface area contributed by atoms with Gasteiger partial charge in [-0.05, 0) is 40.0 Å². The van der Waals surface area contributed by atoms with Crippen molar-refractivity contribution in [2.75, 3.05) is 7.11 Å². The van der Waals surface area contributed by atoms with E-state index in [4.69, 9.17) is 4.74 Å². The molecule has 0 bridgehead atoms. The number of nitrogens with zero attached hydrogens (tertiary/aromatic N) is 2. The first-order chi connectivity index (χ1) is 10.2. The highest BCUT2D eigenvalue weighted by Gasteiger charge is 2.09. The van der Waals surface area contributed by atoms with Gasteiger partial charge in [0, 0.05) is 12.3 Å². The van der Waals surface area contributed by atoms with Crippen molar-refractivity contribution >= 4 is 27.7 Å². The summed E-state index contributed by atoms with van der Waals surface area (Å²) in [5.41, 5.74) is 1.01. The quantitative estimate of drug-likeness (QED) is 0.757. The fourth-order valence-corrected chi connectivity index (χ4v) is 3.38. The van der Waals surface area contributed by atoms with Crippen LogP contribution in [0.1, 0.15) is 25.3 Å². The second kappa shape index (κ2) is 7.70. The molecule has 1 aromatic carbocycles. The van der Waals surface area contributed by atoms with Crippen LogP contribution in [0.4, 0.5) is 0 Å². The molecule has 1 heterocycles. The van der Waals surface area contributed by atoms with Gasteiger partial charge in [-0.3, -0.25) is 4.57 Å². The lowest BCUT2D eigenvalue weighted by molar-refractivity contribution is 0.412. The number of halogens is 1. The average molecular weight is 372 g/mol. The minimum atomic E-state index is -0.137. The van der Waals surface area contributed by atoms with E-state index in [1.807, 2.05) is 18.2 Å². The minimum absolute atomic E-state index is 0.137. The average Bonchev–Trinajstić information content (AvgIpc) is 2.83. The van der Waals surface area contributed by atoms with E-state index < -0.39 is 0 Å². The second-order valence-electron chi connectivity index (χ2n) is 4.57. The van der Waals surface area contributed by atoms with Gasteiger partial charge in [0.15, 0.2) is 5.16 Å². The predicted octanol–water partition coefficient (Wildman–Crippen LogP) is 3.43. The molecular formula is C14H18BrN3O2S. The summed E-state index contributed by atoms with van der Waals surface area (Å²) in [5, 5.41) is 7.35. The molecule has 1 N–H and O–H groups in total. The van der Waals surface area contributed by atoms with Crippen LogP contribution >= 0.6 is 27.7 Å². The van der Waals surface area contributed by atoms with E-state index in [0.29, 0.717) is 6.54 Å². The molecule has 0 saturated heterocycles. The summed E-state index contributed by atoms with van der Waals surface area (Å²) in [6, 6.07) is 5.96. The van der Waals surface area contributed by atoms with E-state index in [-0.39, 0.29) is 5.69 Å². The fraction of sp³-hybridized carbons (Fsp3) is 0.429. The second-order valence-corrected chi connectivity index (χ2v) is 6.37. The van der Waals surface area contributed by atoms with Crippen LogP contribution in [-0.2, 0) is 12.3 Å². The van der Waals surface area contributed by atoms with Gasteiger partial charge in [-0.15, -0.1) is 5.10 Å². The Morgan fingerprint density at radius 2 is 2.29 bits per heavy atom. The van der Waals surface area contributed by atoms with Crippen molar-refractivity contribution in [3.8, 4) is 5.75 Å². The van der Waals surface area contributed by atoms with E-state index in [9.17, 15) is 4.79 Å². The highest BCUT2D eigenvalue weighted by molar-refractivity contribution is 9.10. The number of unbranched alkanes of at least 4 members (excludes halogenated alkanes) is 1. The molecule has 0 aliphatic rings. The van der Waals surface area contributed by atoms with Crippen LogP contribution in [0.15, 0.2) is 32.6 Å². The smallest absolute Gasteiger partial charge is 0.343 e. The van der Waals surface area contributed by atoms with Crippen LogP contribution in [0.5, 0.6) is 5.75 Å². The first-order valence-corrected chi connectivity index (χ1v) is 8.54. The lowest BCUT2D eigenvalue weighted by Gasteiger charge is -2.07. The molecule has 0 unspecified atom stereocenters. The fourth-order valence-electron chi connectivity index (χ4n) is 1.87. The molecule has 0 atom stereocenters. The molecule has 0 fully saturated rings. The van der Waals surface area contributed by atoms with E-state index in [2.05, 4.69) is 33.1 Å². The number of aromatic amines is 1. The maximum atomic E-state index is 11.7. The molecule has 114 valence electrons. The first kappa shape index (κ1) is 16.2. The number of thioether (sulfide) groups is 1. The van der Waals surface area contributed by atoms with Gasteiger partial charge in [0.25, 0.3) is 0 Å². The van der Waals surface area contributed by atoms with Crippen molar-refractivity contribution < 1.29 is 4.74 Å². The van der Waals surface area contributed by atoms with Crippen LogP contribution in [0.3, 0.4) is 0 Å². The third kappa shape index (κ3) is 4.14. The highest BCUT2D eigenvalue weighted by Crippen LogP contribution is 2.28. The summed E-state index contributed by atoms with van der Waals surface area (Å²) in [5.74, 6) is 1.56. The number of aromatic nitrogens is 3. The number of hydrogen-bond donors (Lipinski definition) is 1. The van der Waals surface area contributed by atoms with E-state index in [1.165, 1.54) is 0 Å². The van der Waals surface area contributed by atoms with Crippen molar-refractivity contribution in [1.29, 1.82) is 0 Å². The lowest BCUT2D eigenvalue weighted by atomic mass is 10.2. The standard InChI is InChI=1S/C14H18BrN3O2S/c1-3-4-7-18-13(19)16-17-14(18)21-9-10-5-6-12(20-2)11(15)8-10/h5-6,8H,3-4,7,9H2,1-2H3,(H,16,19). The Morgan fingerprint density at radius 1 is 1.48 bits per heavy atom. The lowest BCUT2D eigenvalue weighted by Crippen LogP contribution is -2.17. The largest absolute Gasteiger partial charge is 0.496 e. The summed E-state index contributed by atoms with van der Waals surface area (Å²) in [7, 11) is 1.64. The summed E-state index contributed by atoms with van der Waals surface area (Å²) in [6.45, 7) is 2.81. The minimum Gasteiger partial charge on any atom is -0.496 e. The van der Waals surface area contributed by atoms with E-state index >= 15 is 0 Å². The van der Waals surface area contributed by atoms with Crippen molar-refractivity contribution in [3.05, 3.63) is 38.7 Å². The number of ether oxygens (including phenoxy) is 1. The number of hydrogen-bond acceptors (Lipinski definition) is 4. The third-order valence-electron chi connectivity index (χ3n) is 3.04. The maximum absolute atomic E-state index is 11.7. The Balaban J connectivity index is 2.06. The number of nitrogens with one attached hydrogen (secondary N) is 1. The van der Waals surface area contributed by atoms with Gasteiger partial charge in [-0.2, -0.15) is 0 Å². The number of methoxy groups -OCH3 is 1. The van der Waals surface area contributed by atoms with Gasteiger partial charge in [0.1, 0.15) is 5.75 Å². The molecule has 0 aliphatic heterocycles. The first-order valence-electron chi connectivity index (χ1n) is 6.76. The van der Waals surface area contributed by atoms with Crippen molar-refractivity contribution in [3.63, 3.8) is 0 Å². The zero-order valence-electron chi connectivity index (χ0n) is 12.1. The van der Waals surface area contributed by atoms with Crippen molar-refractivity contribution in [2.45, 2.75) is 37.2 Å². The molecule has 2 aromatic rings. The zero-order valence-corrected chi connectivity index (χ0v) is 14.5. The van der Waals surface area contributed by atoms with Crippen molar-refractivity contribution in [1.82, 2.24) is 14.8 Å². The highest BCUT2D eigenvalue weighted by atomic mass is 79.9. The van der Waals surface area contributed by atoms with Crippen LogP contribution in [-0.4, -0.2) is 21.9 Å².